The summed E-state index contributed by atoms with van der Waals surface area (Å²) in [6, 6.07) is 6.79. The minimum Gasteiger partial charge on any atom is -0.206 e. The van der Waals surface area contributed by atoms with Crippen molar-refractivity contribution in [2.45, 2.75) is 13.8 Å². The van der Waals surface area contributed by atoms with Gasteiger partial charge >= 0.3 is 0 Å². The van der Waals surface area contributed by atoms with Gasteiger partial charge in [-0.2, -0.15) is 0 Å². The molecule has 1 rings (SSSR count). The van der Waals surface area contributed by atoms with E-state index in [2.05, 4.69) is 0 Å². The summed E-state index contributed by atoms with van der Waals surface area (Å²) in [6.45, 7) is 3.81. The second-order valence-electron chi connectivity index (χ2n) is 2.45. The Hall–Kier alpha value is -1.11. The second-order valence-corrected chi connectivity index (χ2v) is 2.45. The van der Waals surface area contributed by atoms with Crippen LogP contribution in [0.5, 0.6) is 0 Å². The Balaban J connectivity index is 3.14. The molecule has 0 fully saturated rings. The Morgan fingerprint density at radius 2 is 2.00 bits per heavy atom. The molecule has 0 N–H and O–H groups in total. The Bertz CT molecular complexity index is 274. The van der Waals surface area contributed by atoms with Gasteiger partial charge in [0.15, 0.2) is 0 Å². The monoisotopic (exact) mass is 150 g/mol. The summed E-state index contributed by atoms with van der Waals surface area (Å²) >= 11 is 0. The lowest BCUT2D eigenvalue weighted by Crippen LogP contribution is -1.84. The van der Waals surface area contributed by atoms with Gasteiger partial charge in [-0.1, -0.05) is 24.3 Å². The van der Waals surface area contributed by atoms with Crippen LogP contribution in [-0.2, 0) is 0 Å². The van der Waals surface area contributed by atoms with Crippen molar-refractivity contribution in [2.24, 2.45) is 0 Å². The van der Waals surface area contributed by atoms with Gasteiger partial charge in [-0.25, -0.2) is 4.39 Å². The summed E-state index contributed by atoms with van der Waals surface area (Å²) in [5.74, 6) is -0.150. The maximum Gasteiger partial charge on any atom is 0.130 e. The van der Waals surface area contributed by atoms with Gasteiger partial charge in [-0.15, -0.1) is 0 Å². The highest BCUT2D eigenvalue weighted by Gasteiger charge is 1.99. The van der Waals surface area contributed by atoms with Crippen LogP contribution in [0.15, 0.2) is 30.3 Å². The van der Waals surface area contributed by atoms with E-state index >= 15 is 0 Å². The summed E-state index contributed by atoms with van der Waals surface area (Å²) in [5, 5.41) is 0. The van der Waals surface area contributed by atoms with E-state index in [1.807, 2.05) is 26.0 Å². The lowest BCUT2D eigenvalue weighted by atomic mass is 10.1. The zero-order valence-corrected chi connectivity index (χ0v) is 6.76. The molecule has 0 aliphatic rings. The Morgan fingerprint density at radius 3 is 2.55 bits per heavy atom. The highest BCUT2D eigenvalue weighted by atomic mass is 19.1. The highest BCUT2D eigenvalue weighted by Crippen LogP contribution is 2.16. The van der Waals surface area contributed by atoms with Gasteiger partial charge in [0.2, 0.25) is 0 Å². The molecule has 0 aliphatic heterocycles. The molecule has 0 spiro atoms. The number of hydrogen-bond donors (Lipinski definition) is 0. The average molecular weight is 150 g/mol. The molecule has 0 amide bonds. The topological polar surface area (TPSA) is 0 Å². The minimum atomic E-state index is -0.150. The van der Waals surface area contributed by atoms with Crippen LogP contribution in [0.1, 0.15) is 19.4 Å². The molecular weight excluding hydrogens is 139 g/mol. The lowest BCUT2D eigenvalue weighted by molar-refractivity contribution is 0.624. The van der Waals surface area contributed by atoms with Crippen molar-refractivity contribution in [3.63, 3.8) is 0 Å². The van der Waals surface area contributed by atoms with Gasteiger partial charge in [0.25, 0.3) is 0 Å². The summed E-state index contributed by atoms with van der Waals surface area (Å²) in [7, 11) is 0. The molecular formula is C10H11F. The fraction of sp³-hybridized carbons (Fsp3) is 0.200. The van der Waals surface area contributed by atoms with Crippen molar-refractivity contribution in [2.75, 3.05) is 0 Å². The van der Waals surface area contributed by atoms with Crippen LogP contribution >= 0.6 is 0 Å². The lowest BCUT2D eigenvalue weighted by Gasteiger charge is -2.00. The zero-order chi connectivity index (χ0) is 8.27. The van der Waals surface area contributed by atoms with Gasteiger partial charge in [-0.05, 0) is 25.5 Å². The first-order chi connectivity index (χ1) is 5.25. The molecule has 0 heterocycles. The van der Waals surface area contributed by atoms with E-state index in [4.69, 9.17) is 0 Å². The molecule has 0 unspecified atom stereocenters. The molecule has 0 nitrogen and oxygen atoms in total. The Morgan fingerprint density at radius 1 is 1.36 bits per heavy atom. The quantitative estimate of drug-likeness (QED) is 0.576. The van der Waals surface area contributed by atoms with Crippen LogP contribution in [0.2, 0.25) is 0 Å². The predicted molar refractivity (Wildman–Crippen MR) is 45.7 cm³/mol. The number of hydrogen-bond acceptors (Lipinski definition) is 0. The van der Waals surface area contributed by atoms with Gasteiger partial charge in [0.05, 0.1) is 0 Å². The predicted octanol–water partition coefficient (Wildman–Crippen LogP) is 3.25. The smallest absolute Gasteiger partial charge is 0.130 e. The van der Waals surface area contributed by atoms with Crippen LogP contribution in [0.4, 0.5) is 4.39 Å². The minimum absolute atomic E-state index is 0.150. The van der Waals surface area contributed by atoms with E-state index < -0.39 is 0 Å². The first-order valence-electron chi connectivity index (χ1n) is 3.63. The number of allylic oxidation sites excluding steroid dienone is 2. The first kappa shape index (κ1) is 7.99. The molecule has 0 aromatic heterocycles. The average Bonchev–Trinajstić information content (AvgIpc) is 2.04. The fourth-order valence-electron chi connectivity index (χ4n) is 0.937. The maximum absolute atomic E-state index is 13.0. The fourth-order valence-corrected chi connectivity index (χ4v) is 0.937. The third kappa shape index (κ3) is 1.67. The molecule has 11 heavy (non-hydrogen) atoms. The summed E-state index contributed by atoms with van der Waals surface area (Å²) in [6.07, 6.45) is 1.90. The molecule has 0 saturated heterocycles. The first-order valence-corrected chi connectivity index (χ1v) is 3.63. The van der Waals surface area contributed by atoms with Crippen LogP contribution < -0.4 is 0 Å². The largest absolute Gasteiger partial charge is 0.206 e. The van der Waals surface area contributed by atoms with Gasteiger partial charge in [0.1, 0.15) is 5.82 Å². The molecule has 0 bridgehead atoms. The van der Waals surface area contributed by atoms with Crippen molar-refractivity contribution in [1.82, 2.24) is 0 Å². The van der Waals surface area contributed by atoms with Gasteiger partial charge in [-0.3, -0.25) is 0 Å². The third-order valence-corrected chi connectivity index (χ3v) is 1.73. The maximum atomic E-state index is 13.0. The highest BCUT2D eigenvalue weighted by molar-refractivity contribution is 5.63. The van der Waals surface area contributed by atoms with Crippen molar-refractivity contribution in [1.29, 1.82) is 0 Å². The molecule has 0 atom stereocenters. The standard InChI is InChI=1S/C10H11F/c1-3-8(2)9-6-4-5-7-10(9)11/h3-7H,1-2H3/b8-3-. The molecule has 1 aromatic rings. The molecule has 0 radical (unpaired) electrons. The van der Waals surface area contributed by atoms with Crippen molar-refractivity contribution in [3.8, 4) is 0 Å². The molecule has 1 aromatic carbocycles. The van der Waals surface area contributed by atoms with E-state index in [1.165, 1.54) is 6.07 Å². The summed E-state index contributed by atoms with van der Waals surface area (Å²) in [4.78, 5) is 0. The van der Waals surface area contributed by atoms with E-state index in [-0.39, 0.29) is 5.82 Å². The van der Waals surface area contributed by atoms with Crippen molar-refractivity contribution >= 4 is 5.57 Å². The van der Waals surface area contributed by atoms with Crippen LogP contribution in [0.25, 0.3) is 5.57 Å². The number of halogens is 1. The van der Waals surface area contributed by atoms with Crippen molar-refractivity contribution < 1.29 is 4.39 Å². The zero-order valence-electron chi connectivity index (χ0n) is 6.76. The Kier molecular flexibility index (Phi) is 2.42. The van der Waals surface area contributed by atoms with Gasteiger partial charge < -0.3 is 0 Å². The van der Waals surface area contributed by atoms with Crippen LogP contribution in [0.3, 0.4) is 0 Å². The molecule has 0 saturated carbocycles. The number of rotatable bonds is 1. The number of benzene rings is 1. The third-order valence-electron chi connectivity index (χ3n) is 1.73. The van der Waals surface area contributed by atoms with Crippen LogP contribution in [0, 0.1) is 5.82 Å². The van der Waals surface area contributed by atoms with E-state index in [9.17, 15) is 4.39 Å². The molecule has 1 heteroatoms. The SMILES string of the molecule is C/C=C(/C)c1ccccc1F. The van der Waals surface area contributed by atoms with Gasteiger partial charge in [0, 0.05) is 5.56 Å². The Labute approximate surface area is 66.4 Å². The normalized spacial score (nSPS) is 11.7. The van der Waals surface area contributed by atoms with Crippen molar-refractivity contribution in [3.05, 3.63) is 41.7 Å². The van der Waals surface area contributed by atoms with Crippen LogP contribution in [-0.4, -0.2) is 0 Å². The summed E-state index contributed by atoms with van der Waals surface area (Å²) in [5.41, 5.74) is 1.66. The van der Waals surface area contributed by atoms with E-state index in [1.54, 1.807) is 12.1 Å². The molecule has 58 valence electrons. The van der Waals surface area contributed by atoms with E-state index in [0.717, 1.165) is 5.57 Å². The summed E-state index contributed by atoms with van der Waals surface area (Å²) < 4.78 is 13.0. The second kappa shape index (κ2) is 3.33. The molecule has 0 aliphatic carbocycles. The van der Waals surface area contributed by atoms with E-state index in [0.29, 0.717) is 5.56 Å².